The van der Waals surface area contributed by atoms with Crippen molar-refractivity contribution in [2.45, 2.75) is 13.5 Å². The molecule has 0 atom stereocenters. The van der Waals surface area contributed by atoms with E-state index in [0.717, 1.165) is 16.7 Å². The third kappa shape index (κ3) is 3.00. The lowest BCUT2D eigenvalue weighted by Gasteiger charge is -2.03. The molecule has 0 fully saturated rings. The maximum absolute atomic E-state index is 11.0. The molecule has 2 aromatic rings. The molecule has 2 rings (SSSR count). The van der Waals surface area contributed by atoms with Gasteiger partial charge in [-0.2, -0.15) is 5.10 Å². The summed E-state index contributed by atoms with van der Waals surface area (Å²) >= 11 is 0. The number of carboxylic acids is 1. The van der Waals surface area contributed by atoms with Crippen molar-refractivity contribution in [1.29, 1.82) is 0 Å². The fraction of sp³-hybridized carbons (Fsp3) is 0.286. The maximum atomic E-state index is 11.0. The molecule has 1 heterocycles. The van der Waals surface area contributed by atoms with Crippen LogP contribution in [0, 0.1) is 6.92 Å². The second-order valence-corrected chi connectivity index (χ2v) is 4.32. The van der Waals surface area contributed by atoms with Gasteiger partial charge in [0.2, 0.25) is 0 Å². The molecular formula is C14H16N2O3. The number of hydrogen-bond donors (Lipinski definition) is 1. The van der Waals surface area contributed by atoms with Crippen LogP contribution in [0.3, 0.4) is 0 Å². The van der Waals surface area contributed by atoms with Gasteiger partial charge in [0.15, 0.2) is 0 Å². The first-order chi connectivity index (χ1) is 9.11. The van der Waals surface area contributed by atoms with E-state index in [0.29, 0.717) is 18.7 Å². The minimum atomic E-state index is -0.903. The molecule has 1 aromatic carbocycles. The van der Waals surface area contributed by atoms with Crippen molar-refractivity contribution >= 4 is 5.97 Å². The molecule has 1 N–H and O–H groups in total. The van der Waals surface area contributed by atoms with E-state index in [1.807, 2.05) is 12.3 Å². The summed E-state index contributed by atoms with van der Waals surface area (Å²) in [5.41, 5.74) is 3.01. The molecule has 1 aromatic heterocycles. The molecule has 100 valence electrons. The third-order valence-corrected chi connectivity index (χ3v) is 2.95. The van der Waals surface area contributed by atoms with Crippen molar-refractivity contribution in [3.8, 4) is 11.1 Å². The zero-order valence-corrected chi connectivity index (χ0v) is 11.0. The van der Waals surface area contributed by atoms with Crippen LogP contribution < -0.4 is 0 Å². The molecule has 0 radical (unpaired) electrons. The van der Waals surface area contributed by atoms with Gasteiger partial charge in [0, 0.05) is 18.9 Å². The first-order valence-corrected chi connectivity index (χ1v) is 5.97. The number of hydrogen-bond acceptors (Lipinski definition) is 3. The Labute approximate surface area is 111 Å². The van der Waals surface area contributed by atoms with Crippen molar-refractivity contribution < 1.29 is 14.6 Å². The number of ether oxygens (including phenoxy) is 1. The lowest BCUT2D eigenvalue weighted by molar-refractivity contribution is 0.0696. The number of rotatable bonds is 5. The Morgan fingerprint density at radius 1 is 1.42 bits per heavy atom. The minimum absolute atomic E-state index is 0.329. The highest BCUT2D eigenvalue weighted by molar-refractivity contribution is 5.90. The van der Waals surface area contributed by atoms with E-state index in [2.05, 4.69) is 5.10 Å². The molecule has 19 heavy (non-hydrogen) atoms. The molecular weight excluding hydrogens is 244 g/mol. The summed E-state index contributed by atoms with van der Waals surface area (Å²) < 4.78 is 6.80. The monoisotopic (exact) mass is 260 g/mol. The molecule has 5 nitrogen and oxygen atoms in total. The van der Waals surface area contributed by atoms with Crippen LogP contribution in [0.15, 0.2) is 30.6 Å². The van der Waals surface area contributed by atoms with Gasteiger partial charge in [0.05, 0.1) is 24.9 Å². The molecule has 0 spiro atoms. The molecule has 0 unspecified atom stereocenters. The number of aromatic nitrogens is 2. The Morgan fingerprint density at radius 3 is 2.84 bits per heavy atom. The molecule has 0 saturated carbocycles. The lowest BCUT2D eigenvalue weighted by atomic mass is 10.0. The van der Waals surface area contributed by atoms with Crippen LogP contribution in [-0.2, 0) is 11.3 Å². The second kappa shape index (κ2) is 5.67. The molecule has 0 aliphatic rings. The van der Waals surface area contributed by atoms with Crippen molar-refractivity contribution in [2.24, 2.45) is 0 Å². The van der Waals surface area contributed by atoms with E-state index >= 15 is 0 Å². The van der Waals surface area contributed by atoms with Crippen LogP contribution in [-0.4, -0.2) is 34.6 Å². The quantitative estimate of drug-likeness (QED) is 0.895. The van der Waals surface area contributed by atoms with E-state index in [4.69, 9.17) is 9.84 Å². The minimum Gasteiger partial charge on any atom is -0.478 e. The van der Waals surface area contributed by atoms with Gasteiger partial charge < -0.3 is 9.84 Å². The predicted octanol–water partition coefficient (Wildman–Crippen LogP) is 2.20. The molecule has 0 amide bonds. The number of carboxylic acid groups (broad SMARTS) is 1. The number of nitrogens with zero attached hydrogens (tertiary/aromatic N) is 2. The first kappa shape index (κ1) is 13.3. The summed E-state index contributed by atoms with van der Waals surface area (Å²) in [7, 11) is 1.65. The van der Waals surface area contributed by atoms with E-state index in [1.54, 1.807) is 37.0 Å². The van der Waals surface area contributed by atoms with Gasteiger partial charge in [0.1, 0.15) is 0 Å². The summed E-state index contributed by atoms with van der Waals surface area (Å²) in [6.45, 7) is 3.10. The Bertz CT molecular complexity index is 590. The Balaban J connectivity index is 2.24. The highest BCUT2D eigenvalue weighted by Crippen LogP contribution is 2.21. The fourth-order valence-corrected chi connectivity index (χ4v) is 1.90. The van der Waals surface area contributed by atoms with Crippen molar-refractivity contribution in [3.05, 3.63) is 41.7 Å². The maximum Gasteiger partial charge on any atom is 0.335 e. The molecule has 0 bridgehead atoms. The van der Waals surface area contributed by atoms with E-state index in [9.17, 15) is 4.79 Å². The van der Waals surface area contributed by atoms with Crippen LogP contribution in [0.5, 0.6) is 0 Å². The van der Waals surface area contributed by atoms with Crippen LogP contribution in [0.1, 0.15) is 15.9 Å². The Morgan fingerprint density at radius 2 is 2.21 bits per heavy atom. The summed E-state index contributed by atoms with van der Waals surface area (Å²) in [6, 6.07) is 5.29. The summed E-state index contributed by atoms with van der Waals surface area (Å²) in [6.07, 6.45) is 3.69. The summed E-state index contributed by atoms with van der Waals surface area (Å²) in [5.74, 6) is -0.903. The number of aryl methyl sites for hydroxylation is 1. The molecule has 0 aliphatic heterocycles. The average molecular weight is 260 g/mol. The van der Waals surface area contributed by atoms with Crippen molar-refractivity contribution in [3.63, 3.8) is 0 Å². The smallest absolute Gasteiger partial charge is 0.335 e. The zero-order chi connectivity index (χ0) is 13.8. The summed E-state index contributed by atoms with van der Waals surface area (Å²) in [5, 5.41) is 13.2. The van der Waals surface area contributed by atoms with Gasteiger partial charge in [-0.05, 0) is 24.1 Å². The van der Waals surface area contributed by atoms with E-state index < -0.39 is 5.97 Å². The number of benzene rings is 1. The lowest BCUT2D eigenvalue weighted by Crippen LogP contribution is -2.03. The zero-order valence-electron chi connectivity index (χ0n) is 11.0. The molecule has 0 saturated heterocycles. The molecule has 5 heteroatoms. The normalized spacial score (nSPS) is 10.6. The largest absolute Gasteiger partial charge is 0.478 e. The van der Waals surface area contributed by atoms with Crippen LogP contribution >= 0.6 is 0 Å². The van der Waals surface area contributed by atoms with Crippen LogP contribution in [0.2, 0.25) is 0 Å². The second-order valence-electron chi connectivity index (χ2n) is 4.32. The van der Waals surface area contributed by atoms with Gasteiger partial charge >= 0.3 is 5.97 Å². The van der Waals surface area contributed by atoms with Gasteiger partial charge in [-0.3, -0.25) is 4.68 Å². The SMILES string of the molecule is COCCn1cc(-c2ccc(C(=O)O)c(C)c2)cn1. The molecule has 0 aliphatic carbocycles. The third-order valence-electron chi connectivity index (χ3n) is 2.95. The van der Waals surface area contributed by atoms with Gasteiger partial charge in [-0.15, -0.1) is 0 Å². The van der Waals surface area contributed by atoms with Crippen molar-refractivity contribution in [2.75, 3.05) is 13.7 Å². The van der Waals surface area contributed by atoms with Crippen LogP contribution in [0.25, 0.3) is 11.1 Å². The van der Waals surface area contributed by atoms with Gasteiger partial charge in [-0.1, -0.05) is 12.1 Å². The fourth-order valence-electron chi connectivity index (χ4n) is 1.90. The average Bonchev–Trinajstić information content (AvgIpc) is 2.84. The van der Waals surface area contributed by atoms with E-state index in [-0.39, 0.29) is 0 Å². The number of methoxy groups -OCH3 is 1. The number of aromatic carboxylic acids is 1. The van der Waals surface area contributed by atoms with Crippen molar-refractivity contribution in [1.82, 2.24) is 9.78 Å². The predicted molar refractivity (Wildman–Crippen MR) is 71.2 cm³/mol. The van der Waals surface area contributed by atoms with Gasteiger partial charge in [0.25, 0.3) is 0 Å². The standard InChI is InChI=1S/C14H16N2O3/c1-10-7-11(3-4-13(10)14(17)18)12-8-15-16(9-12)5-6-19-2/h3-4,7-9H,5-6H2,1-2H3,(H,17,18). The topological polar surface area (TPSA) is 64.3 Å². The van der Waals surface area contributed by atoms with Gasteiger partial charge in [-0.25, -0.2) is 4.79 Å². The first-order valence-electron chi connectivity index (χ1n) is 5.97. The number of carbonyl (C=O) groups is 1. The van der Waals surface area contributed by atoms with E-state index in [1.165, 1.54) is 0 Å². The summed E-state index contributed by atoms with van der Waals surface area (Å²) in [4.78, 5) is 11.0. The highest BCUT2D eigenvalue weighted by Gasteiger charge is 2.09. The Hall–Kier alpha value is -2.14. The Kier molecular flexibility index (Phi) is 3.97. The highest BCUT2D eigenvalue weighted by atomic mass is 16.5. The van der Waals surface area contributed by atoms with Crippen LogP contribution in [0.4, 0.5) is 0 Å².